The second-order valence-electron chi connectivity index (χ2n) is 7.77. The molecule has 0 bridgehead atoms. The van der Waals surface area contributed by atoms with Gasteiger partial charge in [-0.05, 0) is 48.1 Å². The number of benzene rings is 1. The van der Waals surface area contributed by atoms with Gasteiger partial charge in [0.15, 0.2) is 5.82 Å². The fraction of sp³-hybridized carbons (Fsp3) is 0.250. The maximum Gasteiger partial charge on any atom is 0.410 e. The predicted octanol–water partition coefficient (Wildman–Crippen LogP) is 3.96. The number of ether oxygens (including phenoxy) is 1. The van der Waals surface area contributed by atoms with Crippen LogP contribution in [0, 0.1) is 0 Å². The van der Waals surface area contributed by atoms with Crippen molar-refractivity contribution < 1.29 is 9.53 Å². The van der Waals surface area contributed by atoms with E-state index in [0.717, 1.165) is 36.0 Å². The van der Waals surface area contributed by atoms with Crippen molar-refractivity contribution in [3.8, 4) is 11.4 Å². The van der Waals surface area contributed by atoms with Crippen LogP contribution in [-0.2, 0) is 4.74 Å². The van der Waals surface area contributed by atoms with Crippen molar-refractivity contribution in [3.63, 3.8) is 0 Å². The van der Waals surface area contributed by atoms with Gasteiger partial charge in [0.25, 0.3) is 5.56 Å². The maximum absolute atomic E-state index is 12.5. The summed E-state index contributed by atoms with van der Waals surface area (Å²) < 4.78 is 5.39. The number of carbonyl (C=O) groups excluding carboxylic acids is 1. The van der Waals surface area contributed by atoms with Crippen LogP contribution in [0.15, 0.2) is 71.9 Å². The summed E-state index contributed by atoms with van der Waals surface area (Å²) in [7, 11) is 0. The van der Waals surface area contributed by atoms with Gasteiger partial charge in [0, 0.05) is 24.6 Å². The van der Waals surface area contributed by atoms with Gasteiger partial charge in [-0.2, -0.15) is 0 Å². The van der Waals surface area contributed by atoms with E-state index in [1.807, 2.05) is 41.3 Å². The first-order valence-corrected chi connectivity index (χ1v) is 10.4. The summed E-state index contributed by atoms with van der Waals surface area (Å²) in [5.74, 6) is 0.408. The number of rotatable bonds is 4. The summed E-state index contributed by atoms with van der Waals surface area (Å²) in [5.41, 5.74) is 3.43. The van der Waals surface area contributed by atoms with Gasteiger partial charge in [-0.1, -0.05) is 36.4 Å². The lowest BCUT2D eigenvalue weighted by molar-refractivity contribution is 0.141. The van der Waals surface area contributed by atoms with Crippen LogP contribution >= 0.6 is 0 Å². The van der Waals surface area contributed by atoms with Gasteiger partial charge < -0.3 is 9.72 Å². The van der Waals surface area contributed by atoms with E-state index in [1.54, 1.807) is 24.7 Å². The molecule has 1 N–H and O–H groups in total. The van der Waals surface area contributed by atoms with E-state index in [1.165, 1.54) is 0 Å². The number of hydrogen-bond acceptors (Lipinski definition) is 5. The number of H-pyrrole nitrogens is 1. The van der Waals surface area contributed by atoms with Crippen molar-refractivity contribution in [1.29, 1.82) is 0 Å². The van der Waals surface area contributed by atoms with Crippen LogP contribution in [-0.4, -0.2) is 38.6 Å². The van der Waals surface area contributed by atoms with Gasteiger partial charge in [0.05, 0.1) is 11.6 Å². The minimum absolute atomic E-state index is 0.0523. The Morgan fingerprint density at radius 1 is 1.06 bits per heavy atom. The van der Waals surface area contributed by atoms with Crippen molar-refractivity contribution in [2.75, 3.05) is 6.61 Å². The summed E-state index contributed by atoms with van der Waals surface area (Å²) >= 11 is 0. The predicted molar refractivity (Wildman–Crippen MR) is 116 cm³/mol. The topological polar surface area (TPSA) is 88.2 Å². The van der Waals surface area contributed by atoms with Gasteiger partial charge in [-0.25, -0.2) is 14.8 Å². The highest BCUT2D eigenvalue weighted by atomic mass is 16.6. The quantitative estimate of drug-likeness (QED) is 0.698. The molecule has 1 aromatic carbocycles. The summed E-state index contributed by atoms with van der Waals surface area (Å²) in [6.45, 7) is 0.385. The lowest BCUT2D eigenvalue weighted by atomic mass is 9.89. The Morgan fingerprint density at radius 3 is 2.61 bits per heavy atom. The minimum Gasteiger partial charge on any atom is -0.447 e. The number of aromatic amines is 1. The zero-order valence-corrected chi connectivity index (χ0v) is 16.9. The Balaban J connectivity index is 1.38. The number of nitrogens with zero attached hydrogens (tertiary/aromatic N) is 3. The number of cyclic esters (lactones) is 1. The monoisotopic (exact) mass is 414 g/mol. The number of pyridine rings is 1. The molecule has 1 amide bonds. The molecule has 0 radical (unpaired) electrons. The Bertz CT molecular complexity index is 1170. The third-order valence-electron chi connectivity index (χ3n) is 5.95. The summed E-state index contributed by atoms with van der Waals surface area (Å²) in [5, 5.41) is 0. The Hall–Kier alpha value is -3.74. The highest BCUT2D eigenvalue weighted by Gasteiger charge is 2.39. The fourth-order valence-corrected chi connectivity index (χ4v) is 4.38. The van der Waals surface area contributed by atoms with Gasteiger partial charge in [-0.3, -0.25) is 9.69 Å². The molecule has 7 nitrogen and oxygen atoms in total. The molecule has 0 spiro atoms. The molecule has 3 aromatic rings. The molecule has 2 aliphatic rings. The van der Waals surface area contributed by atoms with Crippen LogP contribution < -0.4 is 5.56 Å². The number of allylic oxidation sites excluding steroid dienone is 1. The molecular formula is C24H22N4O3. The van der Waals surface area contributed by atoms with E-state index in [0.29, 0.717) is 18.0 Å². The van der Waals surface area contributed by atoms with E-state index in [4.69, 9.17) is 4.74 Å². The normalized spacial score (nSPS) is 21.0. The highest BCUT2D eigenvalue weighted by molar-refractivity contribution is 5.73. The number of hydrogen-bond donors (Lipinski definition) is 1. The fourth-order valence-electron chi connectivity index (χ4n) is 4.38. The van der Waals surface area contributed by atoms with Crippen molar-refractivity contribution in [3.05, 3.63) is 88.6 Å². The molecule has 1 fully saturated rings. The van der Waals surface area contributed by atoms with Crippen LogP contribution in [0.1, 0.15) is 36.4 Å². The van der Waals surface area contributed by atoms with Crippen LogP contribution in [0.25, 0.3) is 17.0 Å². The Kier molecular flexibility index (Phi) is 5.08. The van der Waals surface area contributed by atoms with Crippen LogP contribution in [0.5, 0.6) is 0 Å². The van der Waals surface area contributed by atoms with Crippen molar-refractivity contribution in [2.24, 2.45) is 0 Å². The SMILES string of the molecule is O=C1OCC(c2ccccc2)N1C1CC=C(c2c[nH]c(=O)c(-c3ncccn3)c2)CC1. The molecular weight excluding hydrogens is 392 g/mol. The molecule has 2 unspecified atom stereocenters. The average Bonchev–Trinajstić information content (AvgIpc) is 3.22. The van der Waals surface area contributed by atoms with E-state index < -0.39 is 0 Å². The second-order valence-corrected chi connectivity index (χ2v) is 7.77. The second kappa shape index (κ2) is 8.18. The molecule has 3 heterocycles. The third-order valence-corrected chi connectivity index (χ3v) is 5.95. The van der Waals surface area contributed by atoms with Crippen molar-refractivity contribution in [2.45, 2.75) is 31.3 Å². The van der Waals surface area contributed by atoms with Gasteiger partial charge in [0.2, 0.25) is 0 Å². The lowest BCUT2D eigenvalue weighted by Gasteiger charge is -2.33. The summed E-state index contributed by atoms with van der Waals surface area (Å²) in [6.07, 6.45) is 9.27. The van der Waals surface area contributed by atoms with Crippen LogP contribution in [0.4, 0.5) is 4.79 Å². The van der Waals surface area contributed by atoms with E-state index in [-0.39, 0.29) is 23.7 Å². The van der Waals surface area contributed by atoms with Gasteiger partial charge >= 0.3 is 6.09 Å². The average molecular weight is 414 g/mol. The van der Waals surface area contributed by atoms with E-state index >= 15 is 0 Å². The smallest absolute Gasteiger partial charge is 0.410 e. The molecule has 156 valence electrons. The summed E-state index contributed by atoms with van der Waals surface area (Å²) in [6, 6.07) is 13.6. The zero-order chi connectivity index (χ0) is 21.2. The largest absolute Gasteiger partial charge is 0.447 e. The molecule has 1 aliphatic carbocycles. The molecule has 7 heteroatoms. The third kappa shape index (κ3) is 3.74. The molecule has 5 rings (SSSR count). The number of aromatic nitrogens is 3. The number of carbonyl (C=O) groups is 1. The van der Waals surface area contributed by atoms with Gasteiger partial charge in [0.1, 0.15) is 6.61 Å². The van der Waals surface area contributed by atoms with Crippen LogP contribution in [0.2, 0.25) is 0 Å². The molecule has 2 atom stereocenters. The van der Waals surface area contributed by atoms with E-state index in [9.17, 15) is 9.59 Å². The molecule has 31 heavy (non-hydrogen) atoms. The van der Waals surface area contributed by atoms with Gasteiger partial charge in [-0.15, -0.1) is 0 Å². The first-order valence-electron chi connectivity index (χ1n) is 10.4. The molecule has 1 aliphatic heterocycles. The molecule has 0 saturated carbocycles. The standard InChI is InChI=1S/C24H22N4O3/c29-23-20(22-25-11-4-12-26-22)13-18(14-27-23)16-7-9-19(10-8-16)28-21(15-31-24(28)30)17-5-2-1-3-6-17/h1-7,11-14,19,21H,8-10,15H2,(H,27,29). The molecule has 1 saturated heterocycles. The highest BCUT2D eigenvalue weighted by Crippen LogP contribution is 2.36. The maximum atomic E-state index is 12.5. The Morgan fingerprint density at radius 2 is 1.87 bits per heavy atom. The number of amides is 1. The van der Waals surface area contributed by atoms with Crippen molar-refractivity contribution >= 4 is 11.7 Å². The Labute approximate surface area is 179 Å². The first-order chi connectivity index (χ1) is 15.2. The zero-order valence-electron chi connectivity index (χ0n) is 16.9. The minimum atomic E-state index is -0.247. The van der Waals surface area contributed by atoms with E-state index in [2.05, 4.69) is 21.0 Å². The lowest BCUT2D eigenvalue weighted by Crippen LogP contribution is -2.38. The summed E-state index contributed by atoms with van der Waals surface area (Å²) in [4.78, 5) is 37.8. The number of nitrogens with one attached hydrogen (secondary N) is 1. The molecule has 2 aromatic heterocycles. The van der Waals surface area contributed by atoms with Crippen molar-refractivity contribution in [1.82, 2.24) is 19.9 Å². The first kappa shape index (κ1) is 19.2. The van der Waals surface area contributed by atoms with Crippen LogP contribution in [0.3, 0.4) is 0 Å².